The molecule has 4 rings (SSSR count). The molecular weight excluding hydrogens is 362 g/mol. The van der Waals surface area contributed by atoms with E-state index in [0.717, 1.165) is 38.0 Å². The fourth-order valence-corrected chi connectivity index (χ4v) is 3.54. The van der Waals surface area contributed by atoms with Gasteiger partial charge in [-0.15, -0.1) is 0 Å². The van der Waals surface area contributed by atoms with Gasteiger partial charge in [-0.2, -0.15) is 4.73 Å². The first-order valence-corrected chi connectivity index (χ1v) is 9.49. The molecule has 0 bridgehead atoms. The molecule has 0 saturated carbocycles. The molecule has 1 atom stereocenters. The van der Waals surface area contributed by atoms with E-state index >= 15 is 0 Å². The SMILES string of the molecule is Cc1c(-c2ccccc2)nc2ccccc2c1C(=O)NC(C)c1cc[n+]([O-])cc1. The zero-order valence-electron chi connectivity index (χ0n) is 16.3. The van der Waals surface area contributed by atoms with E-state index in [-0.39, 0.29) is 11.9 Å². The summed E-state index contributed by atoms with van der Waals surface area (Å²) in [7, 11) is 0. The van der Waals surface area contributed by atoms with Crippen molar-refractivity contribution in [2.45, 2.75) is 19.9 Å². The third kappa shape index (κ3) is 3.67. The van der Waals surface area contributed by atoms with Gasteiger partial charge >= 0.3 is 0 Å². The Labute approximate surface area is 169 Å². The van der Waals surface area contributed by atoms with Crippen molar-refractivity contribution in [3.8, 4) is 11.3 Å². The second-order valence-electron chi connectivity index (χ2n) is 7.03. The van der Waals surface area contributed by atoms with Gasteiger partial charge in [-0.3, -0.25) is 4.79 Å². The van der Waals surface area contributed by atoms with E-state index in [1.807, 2.05) is 68.4 Å². The van der Waals surface area contributed by atoms with Crippen LogP contribution in [-0.2, 0) is 0 Å². The molecule has 5 nitrogen and oxygen atoms in total. The first kappa shape index (κ1) is 18.6. The fourth-order valence-electron chi connectivity index (χ4n) is 3.54. The van der Waals surface area contributed by atoms with Gasteiger partial charge in [0, 0.05) is 23.1 Å². The standard InChI is InChI=1S/C24H21N3O2/c1-16-22(24(28)25-17(2)18-12-14-27(29)15-13-18)20-10-6-7-11-21(20)26-23(16)19-8-4-3-5-9-19/h3-15,17H,1-2H3,(H,25,28). The molecule has 2 aromatic carbocycles. The predicted molar refractivity (Wildman–Crippen MR) is 113 cm³/mol. The van der Waals surface area contributed by atoms with Crippen LogP contribution in [0.2, 0.25) is 0 Å². The third-order valence-electron chi connectivity index (χ3n) is 5.09. The predicted octanol–water partition coefficient (Wildman–Crippen LogP) is 4.33. The highest BCUT2D eigenvalue weighted by Gasteiger charge is 2.20. The van der Waals surface area contributed by atoms with E-state index in [0.29, 0.717) is 5.56 Å². The van der Waals surface area contributed by atoms with Gasteiger partial charge < -0.3 is 10.5 Å². The normalized spacial score (nSPS) is 11.9. The monoisotopic (exact) mass is 383 g/mol. The number of nitrogens with zero attached hydrogens (tertiary/aromatic N) is 2. The van der Waals surface area contributed by atoms with Crippen LogP contribution >= 0.6 is 0 Å². The number of amides is 1. The molecule has 1 unspecified atom stereocenters. The van der Waals surface area contributed by atoms with Crippen molar-refractivity contribution in [2.24, 2.45) is 0 Å². The summed E-state index contributed by atoms with van der Waals surface area (Å²) < 4.78 is 0.727. The number of carbonyl (C=O) groups is 1. The molecule has 5 heteroatoms. The molecule has 0 spiro atoms. The summed E-state index contributed by atoms with van der Waals surface area (Å²) in [5.74, 6) is -0.162. The summed E-state index contributed by atoms with van der Waals surface area (Å²) >= 11 is 0. The molecule has 29 heavy (non-hydrogen) atoms. The topological polar surface area (TPSA) is 68.9 Å². The van der Waals surface area contributed by atoms with Gasteiger partial charge in [-0.05, 0) is 31.0 Å². The van der Waals surface area contributed by atoms with Gasteiger partial charge in [0.2, 0.25) is 0 Å². The minimum Gasteiger partial charge on any atom is -0.619 e. The highest BCUT2D eigenvalue weighted by atomic mass is 16.5. The largest absolute Gasteiger partial charge is 0.619 e. The molecule has 4 aromatic rings. The summed E-state index contributed by atoms with van der Waals surface area (Å²) in [6.07, 6.45) is 2.86. The van der Waals surface area contributed by atoms with Crippen molar-refractivity contribution in [2.75, 3.05) is 0 Å². The van der Waals surface area contributed by atoms with Gasteiger partial charge in [0.15, 0.2) is 12.4 Å². The number of nitrogens with one attached hydrogen (secondary N) is 1. The first-order valence-electron chi connectivity index (χ1n) is 9.49. The van der Waals surface area contributed by atoms with Crippen LogP contribution in [0.5, 0.6) is 0 Å². The lowest BCUT2D eigenvalue weighted by molar-refractivity contribution is -0.605. The average Bonchev–Trinajstić information content (AvgIpc) is 2.74. The molecular formula is C24H21N3O2. The van der Waals surface area contributed by atoms with Gasteiger partial charge in [-0.1, -0.05) is 48.5 Å². The minimum atomic E-state index is -0.241. The van der Waals surface area contributed by atoms with Crippen LogP contribution in [0.15, 0.2) is 79.1 Å². The molecule has 144 valence electrons. The van der Waals surface area contributed by atoms with Crippen LogP contribution in [0, 0.1) is 12.1 Å². The van der Waals surface area contributed by atoms with Crippen LogP contribution < -0.4 is 10.0 Å². The Kier molecular flexibility index (Phi) is 4.96. The Morgan fingerprint density at radius 2 is 1.66 bits per heavy atom. The lowest BCUT2D eigenvalue weighted by atomic mass is 9.96. The van der Waals surface area contributed by atoms with Crippen molar-refractivity contribution in [3.63, 3.8) is 0 Å². The van der Waals surface area contributed by atoms with Crippen LogP contribution in [0.4, 0.5) is 0 Å². The summed E-state index contributed by atoms with van der Waals surface area (Å²) in [6.45, 7) is 3.84. The molecule has 0 radical (unpaired) electrons. The highest BCUT2D eigenvalue weighted by Crippen LogP contribution is 2.30. The third-order valence-corrected chi connectivity index (χ3v) is 5.09. The molecule has 0 aliphatic rings. The molecule has 0 fully saturated rings. The summed E-state index contributed by atoms with van der Waals surface area (Å²) in [4.78, 5) is 18.1. The molecule has 1 amide bonds. The number of hydrogen-bond donors (Lipinski definition) is 1. The van der Waals surface area contributed by atoms with E-state index in [2.05, 4.69) is 5.32 Å². The molecule has 0 aliphatic carbocycles. The number of pyridine rings is 2. The smallest absolute Gasteiger partial charge is 0.252 e. The zero-order valence-corrected chi connectivity index (χ0v) is 16.3. The number of rotatable bonds is 4. The van der Waals surface area contributed by atoms with E-state index in [1.54, 1.807) is 12.1 Å². The molecule has 0 saturated heterocycles. The zero-order chi connectivity index (χ0) is 20.4. The second-order valence-corrected chi connectivity index (χ2v) is 7.03. The Morgan fingerprint density at radius 3 is 2.38 bits per heavy atom. The summed E-state index contributed by atoms with van der Waals surface area (Å²) in [6, 6.07) is 20.7. The van der Waals surface area contributed by atoms with Gasteiger partial charge in [0.05, 0.1) is 22.8 Å². The van der Waals surface area contributed by atoms with Crippen LogP contribution in [0.1, 0.15) is 34.5 Å². The average molecular weight is 383 g/mol. The molecule has 0 aliphatic heterocycles. The maximum atomic E-state index is 13.3. The number of carbonyl (C=O) groups excluding carboxylic acids is 1. The van der Waals surface area contributed by atoms with Crippen LogP contribution in [-0.4, -0.2) is 10.9 Å². The Hall–Kier alpha value is -3.73. The lowest BCUT2D eigenvalue weighted by Crippen LogP contribution is -2.29. The quantitative estimate of drug-likeness (QED) is 0.421. The Balaban J connectivity index is 1.78. The van der Waals surface area contributed by atoms with E-state index in [9.17, 15) is 10.0 Å². The number of aromatic nitrogens is 2. The van der Waals surface area contributed by atoms with Crippen LogP contribution in [0.25, 0.3) is 22.2 Å². The van der Waals surface area contributed by atoms with Gasteiger partial charge in [0.1, 0.15) is 0 Å². The Bertz CT molecular complexity index is 1170. The Morgan fingerprint density at radius 1 is 1.00 bits per heavy atom. The molecule has 2 heterocycles. The number of hydrogen-bond acceptors (Lipinski definition) is 3. The molecule has 1 N–H and O–H groups in total. The lowest BCUT2D eigenvalue weighted by Gasteiger charge is -2.18. The van der Waals surface area contributed by atoms with E-state index < -0.39 is 0 Å². The van der Waals surface area contributed by atoms with Crippen molar-refractivity contribution < 1.29 is 9.52 Å². The van der Waals surface area contributed by atoms with Crippen LogP contribution in [0.3, 0.4) is 0 Å². The van der Waals surface area contributed by atoms with Crippen molar-refractivity contribution in [1.29, 1.82) is 0 Å². The van der Waals surface area contributed by atoms with Gasteiger partial charge in [-0.25, -0.2) is 4.98 Å². The number of para-hydroxylation sites is 1. The summed E-state index contributed by atoms with van der Waals surface area (Å²) in [5.41, 5.74) is 4.88. The molecule has 2 aromatic heterocycles. The highest BCUT2D eigenvalue weighted by molar-refractivity contribution is 6.09. The second kappa shape index (κ2) is 7.72. The first-order chi connectivity index (χ1) is 14.0. The van der Waals surface area contributed by atoms with Crippen molar-refractivity contribution >= 4 is 16.8 Å². The number of fused-ring (bicyclic) bond motifs is 1. The van der Waals surface area contributed by atoms with E-state index in [1.165, 1.54) is 12.4 Å². The maximum Gasteiger partial charge on any atom is 0.252 e. The van der Waals surface area contributed by atoms with E-state index in [4.69, 9.17) is 4.98 Å². The van der Waals surface area contributed by atoms with Crippen molar-refractivity contribution in [3.05, 3.63) is 101 Å². The maximum absolute atomic E-state index is 13.3. The number of benzene rings is 2. The van der Waals surface area contributed by atoms with Crippen molar-refractivity contribution in [1.82, 2.24) is 10.3 Å². The van der Waals surface area contributed by atoms with Gasteiger partial charge in [0.25, 0.3) is 5.91 Å². The fraction of sp³-hybridized carbons (Fsp3) is 0.125. The summed E-state index contributed by atoms with van der Waals surface area (Å²) in [5, 5.41) is 15.2. The minimum absolute atomic E-state index is 0.162.